The third-order valence-electron chi connectivity index (χ3n) is 2.63. The topological polar surface area (TPSA) is 26.0 Å². The molecule has 0 fully saturated rings. The monoisotopic (exact) mass is 225 g/mol. The van der Waals surface area contributed by atoms with Crippen LogP contribution in [0.5, 0.6) is 0 Å². The van der Waals surface area contributed by atoms with Crippen molar-refractivity contribution < 1.29 is 0 Å². The van der Waals surface area contributed by atoms with E-state index in [0.717, 1.165) is 30.8 Å². The maximum absolute atomic E-state index is 6.01. The lowest BCUT2D eigenvalue weighted by Crippen LogP contribution is -2.01. The highest BCUT2D eigenvalue weighted by molar-refractivity contribution is 6.30. The Morgan fingerprint density at radius 2 is 2.00 bits per heavy atom. The van der Waals surface area contributed by atoms with Crippen molar-refractivity contribution in [2.45, 2.75) is 39.0 Å². The Bertz CT molecular complexity index is 307. The summed E-state index contributed by atoms with van der Waals surface area (Å²) >= 11 is 6.01. The van der Waals surface area contributed by atoms with Crippen LogP contribution in [0.4, 0.5) is 0 Å². The number of aryl methyl sites for hydroxylation is 1. The molecule has 0 aliphatic heterocycles. The molecule has 0 heterocycles. The van der Waals surface area contributed by atoms with Crippen LogP contribution in [-0.4, -0.2) is 6.54 Å². The molecule has 0 aliphatic rings. The van der Waals surface area contributed by atoms with Gasteiger partial charge in [-0.15, -0.1) is 0 Å². The van der Waals surface area contributed by atoms with Gasteiger partial charge in [-0.25, -0.2) is 0 Å². The molecule has 84 valence electrons. The minimum absolute atomic E-state index is 0.565. The second-order valence-electron chi connectivity index (χ2n) is 4.24. The van der Waals surface area contributed by atoms with Crippen LogP contribution in [0.1, 0.15) is 43.7 Å². The lowest BCUT2D eigenvalue weighted by molar-refractivity contribution is 0.731. The fourth-order valence-corrected chi connectivity index (χ4v) is 2.01. The van der Waals surface area contributed by atoms with Crippen molar-refractivity contribution in [3.05, 3.63) is 34.3 Å². The van der Waals surface area contributed by atoms with Gasteiger partial charge in [0, 0.05) is 5.02 Å². The first-order valence-corrected chi connectivity index (χ1v) is 6.01. The molecule has 2 N–H and O–H groups in total. The summed E-state index contributed by atoms with van der Waals surface area (Å²) in [5.41, 5.74) is 8.29. The molecule has 1 rings (SSSR count). The first kappa shape index (κ1) is 12.5. The number of unbranched alkanes of at least 4 members (excludes halogenated alkanes) is 1. The van der Waals surface area contributed by atoms with E-state index in [1.165, 1.54) is 11.1 Å². The van der Waals surface area contributed by atoms with Crippen molar-refractivity contribution in [1.29, 1.82) is 0 Å². The average Bonchev–Trinajstić information content (AvgIpc) is 2.18. The quantitative estimate of drug-likeness (QED) is 0.759. The zero-order valence-electron chi connectivity index (χ0n) is 9.59. The molecular formula is C13H20ClN. The normalized spacial score (nSPS) is 11.0. The van der Waals surface area contributed by atoms with Gasteiger partial charge in [-0.2, -0.15) is 0 Å². The molecule has 0 unspecified atom stereocenters. The summed E-state index contributed by atoms with van der Waals surface area (Å²) in [6.07, 6.45) is 3.33. The van der Waals surface area contributed by atoms with Crippen LogP contribution in [0.15, 0.2) is 18.2 Å². The smallest absolute Gasteiger partial charge is 0.0408 e. The van der Waals surface area contributed by atoms with Crippen LogP contribution in [0, 0.1) is 0 Å². The number of rotatable bonds is 5. The van der Waals surface area contributed by atoms with E-state index in [2.05, 4.69) is 26.0 Å². The molecule has 0 saturated carbocycles. The summed E-state index contributed by atoms with van der Waals surface area (Å²) in [5, 5.41) is 0.835. The van der Waals surface area contributed by atoms with Gasteiger partial charge < -0.3 is 5.73 Å². The molecule has 0 bridgehead atoms. The van der Waals surface area contributed by atoms with Crippen molar-refractivity contribution in [3.8, 4) is 0 Å². The van der Waals surface area contributed by atoms with Crippen molar-refractivity contribution in [1.82, 2.24) is 0 Å². The predicted molar refractivity (Wildman–Crippen MR) is 67.5 cm³/mol. The van der Waals surface area contributed by atoms with E-state index in [0.29, 0.717) is 5.92 Å². The van der Waals surface area contributed by atoms with Crippen LogP contribution >= 0.6 is 11.6 Å². The number of benzene rings is 1. The first-order chi connectivity index (χ1) is 7.15. The van der Waals surface area contributed by atoms with Crippen molar-refractivity contribution in [2.75, 3.05) is 6.54 Å². The van der Waals surface area contributed by atoms with E-state index < -0.39 is 0 Å². The summed E-state index contributed by atoms with van der Waals surface area (Å²) in [6.45, 7) is 5.21. The minimum atomic E-state index is 0.565. The van der Waals surface area contributed by atoms with Crippen LogP contribution in [0.3, 0.4) is 0 Å². The molecule has 0 spiro atoms. The Morgan fingerprint density at radius 1 is 1.27 bits per heavy atom. The second kappa shape index (κ2) is 6.14. The second-order valence-corrected chi connectivity index (χ2v) is 4.68. The Morgan fingerprint density at radius 3 is 2.60 bits per heavy atom. The van der Waals surface area contributed by atoms with Gasteiger partial charge in [0.15, 0.2) is 0 Å². The molecular weight excluding hydrogens is 206 g/mol. The van der Waals surface area contributed by atoms with E-state index in [9.17, 15) is 0 Å². The standard InChI is InChI=1S/C13H20ClN/c1-10(2)13-7-6-12(14)9-11(13)5-3-4-8-15/h6-7,9-10H,3-5,8,15H2,1-2H3. The largest absolute Gasteiger partial charge is 0.330 e. The molecule has 1 aromatic carbocycles. The summed E-state index contributed by atoms with van der Waals surface area (Å²) in [4.78, 5) is 0. The number of hydrogen-bond acceptors (Lipinski definition) is 1. The van der Waals surface area contributed by atoms with Crippen LogP contribution in [0.25, 0.3) is 0 Å². The highest BCUT2D eigenvalue weighted by atomic mass is 35.5. The van der Waals surface area contributed by atoms with E-state index >= 15 is 0 Å². The molecule has 1 aromatic rings. The maximum atomic E-state index is 6.01. The van der Waals surface area contributed by atoms with Crippen LogP contribution < -0.4 is 5.73 Å². The van der Waals surface area contributed by atoms with Crippen LogP contribution in [-0.2, 0) is 6.42 Å². The number of nitrogens with two attached hydrogens (primary N) is 1. The maximum Gasteiger partial charge on any atom is 0.0408 e. The molecule has 0 aromatic heterocycles. The molecule has 0 saturated heterocycles. The molecule has 0 atom stereocenters. The summed E-state index contributed by atoms with van der Waals surface area (Å²) in [7, 11) is 0. The zero-order valence-corrected chi connectivity index (χ0v) is 10.3. The molecule has 0 radical (unpaired) electrons. The van der Waals surface area contributed by atoms with Gasteiger partial charge in [0.2, 0.25) is 0 Å². The third-order valence-corrected chi connectivity index (χ3v) is 2.86. The van der Waals surface area contributed by atoms with Gasteiger partial charge in [-0.3, -0.25) is 0 Å². The third kappa shape index (κ3) is 3.84. The molecule has 0 amide bonds. The Kier molecular flexibility index (Phi) is 5.13. The zero-order chi connectivity index (χ0) is 11.3. The fourth-order valence-electron chi connectivity index (χ4n) is 1.81. The van der Waals surface area contributed by atoms with Gasteiger partial charge in [-0.05, 0) is 55.0 Å². The van der Waals surface area contributed by atoms with Gasteiger partial charge in [0.25, 0.3) is 0 Å². The minimum Gasteiger partial charge on any atom is -0.330 e. The Labute approximate surface area is 97.6 Å². The van der Waals surface area contributed by atoms with Crippen molar-refractivity contribution in [3.63, 3.8) is 0 Å². The Hall–Kier alpha value is -0.530. The van der Waals surface area contributed by atoms with Gasteiger partial charge in [0.05, 0.1) is 0 Å². The Balaban J connectivity index is 2.77. The van der Waals surface area contributed by atoms with Crippen LogP contribution in [0.2, 0.25) is 5.02 Å². The number of halogens is 1. The lowest BCUT2D eigenvalue weighted by atomic mass is 9.94. The predicted octanol–water partition coefficient (Wildman–Crippen LogP) is 3.74. The number of hydrogen-bond donors (Lipinski definition) is 1. The average molecular weight is 226 g/mol. The van der Waals surface area contributed by atoms with E-state index in [1.807, 2.05) is 6.07 Å². The lowest BCUT2D eigenvalue weighted by Gasteiger charge is -2.13. The highest BCUT2D eigenvalue weighted by Gasteiger charge is 2.06. The first-order valence-electron chi connectivity index (χ1n) is 5.63. The van der Waals surface area contributed by atoms with E-state index in [1.54, 1.807) is 0 Å². The van der Waals surface area contributed by atoms with E-state index in [-0.39, 0.29) is 0 Å². The van der Waals surface area contributed by atoms with Crippen molar-refractivity contribution >= 4 is 11.6 Å². The van der Waals surface area contributed by atoms with Gasteiger partial charge >= 0.3 is 0 Å². The summed E-state index contributed by atoms with van der Waals surface area (Å²) < 4.78 is 0. The molecule has 15 heavy (non-hydrogen) atoms. The molecule has 0 aliphatic carbocycles. The fraction of sp³-hybridized carbons (Fsp3) is 0.538. The summed E-state index contributed by atoms with van der Waals surface area (Å²) in [6, 6.07) is 6.21. The van der Waals surface area contributed by atoms with Gasteiger partial charge in [0.1, 0.15) is 0 Å². The summed E-state index contributed by atoms with van der Waals surface area (Å²) in [5.74, 6) is 0.565. The molecule has 1 nitrogen and oxygen atoms in total. The highest BCUT2D eigenvalue weighted by Crippen LogP contribution is 2.24. The van der Waals surface area contributed by atoms with E-state index in [4.69, 9.17) is 17.3 Å². The van der Waals surface area contributed by atoms with Gasteiger partial charge in [-0.1, -0.05) is 31.5 Å². The SMILES string of the molecule is CC(C)c1ccc(Cl)cc1CCCCN. The molecule has 2 heteroatoms. The van der Waals surface area contributed by atoms with Crippen molar-refractivity contribution in [2.24, 2.45) is 5.73 Å².